The van der Waals surface area contributed by atoms with Crippen LogP contribution in [0.15, 0.2) is 24.3 Å². The van der Waals surface area contributed by atoms with Gasteiger partial charge in [-0.1, -0.05) is 58.9 Å². The molecule has 1 heterocycles. The molecule has 1 aromatic rings. The summed E-state index contributed by atoms with van der Waals surface area (Å²) in [4.78, 5) is 14.0. The molecule has 1 aliphatic heterocycles. The third-order valence-corrected chi connectivity index (χ3v) is 4.10. The Morgan fingerprint density at radius 3 is 2.10 bits per heavy atom. The number of nitrogens with zero attached hydrogens (tertiary/aromatic N) is 1. The first-order valence-electron chi connectivity index (χ1n) is 7.35. The van der Waals surface area contributed by atoms with Gasteiger partial charge in [0, 0.05) is 7.05 Å². The molecule has 1 aromatic carbocycles. The van der Waals surface area contributed by atoms with Crippen LogP contribution in [0, 0.1) is 5.92 Å². The van der Waals surface area contributed by atoms with Crippen LogP contribution in [0.25, 0.3) is 0 Å². The molecule has 1 saturated heterocycles. The molecule has 20 heavy (non-hydrogen) atoms. The molecule has 1 aliphatic rings. The highest BCUT2D eigenvalue weighted by Crippen LogP contribution is 2.29. The molecule has 0 radical (unpaired) electrons. The van der Waals surface area contributed by atoms with Gasteiger partial charge in [0.15, 0.2) is 0 Å². The summed E-state index contributed by atoms with van der Waals surface area (Å²) in [6.45, 7) is 10.8. The largest absolute Gasteiger partial charge is 0.325 e. The van der Waals surface area contributed by atoms with Crippen molar-refractivity contribution in [1.82, 2.24) is 10.2 Å². The average Bonchev–Trinajstić information content (AvgIpc) is 2.66. The van der Waals surface area contributed by atoms with Crippen LogP contribution < -0.4 is 5.32 Å². The summed E-state index contributed by atoms with van der Waals surface area (Å²) in [5.74, 6) is 0.494. The summed E-state index contributed by atoms with van der Waals surface area (Å²) in [5, 5.41) is 3.44. The fraction of sp³-hybridized carbons (Fsp3) is 0.588. The number of carbonyl (C=O) groups excluding carboxylic acids is 1. The van der Waals surface area contributed by atoms with Crippen molar-refractivity contribution in [1.29, 1.82) is 0 Å². The number of amides is 1. The van der Waals surface area contributed by atoms with Crippen LogP contribution in [0.5, 0.6) is 0 Å². The van der Waals surface area contributed by atoms with Gasteiger partial charge < -0.3 is 4.90 Å². The van der Waals surface area contributed by atoms with Gasteiger partial charge in [-0.05, 0) is 22.5 Å². The van der Waals surface area contributed by atoms with Gasteiger partial charge in [0.25, 0.3) is 0 Å². The Kier molecular flexibility index (Phi) is 3.92. The molecular weight excluding hydrogens is 248 g/mol. The van der Waals surface area contributed by atoms with E-state index < -0.39 is 0 Å². The first-order valence-corrected chi connectivity index (χ1v) is 7.35. The molecule has 2 unspecified atom stereocenters. The Hall–Kier alpha value is -1.35. The molecule has 1 fully saturated rings. The molecule has 0 bridgehead atoms. The number of hydrogen-bond donors (Lipinski definition) is 1. The highest BCUT2D eigenvalue weighted by molar-refractivity contribution is 5.84. The molecule has 2 atom stereocenters. The van der Waals surface area contributed by atoms with Crippen molar-refractivity contribution >= 4 is 5.91 Å². The summed E-state index contributed by atoms with van der Waals surface area (Å²) in [7, 11) is 1.88. The lowest BCUT2D eigenvalue weighted by molar-refractivity contribution is -0.129. The van der Waals surface area contributed by atoms with Crippen LogP contribution in [0.4, 0.5) is 0 Å². The van der Waals surface area contributed by atoms with Crippen molar-refractivity contribution in [3.05, 3.63) is 35.4 Å². The molecule has 110 valence electrons. The summed E-state index contributed by atoms with van der Waals surface area (Å²) < 4.78 is 0. The Morgan fingerprint density at radius 2 is 1.70 bits per heavy atom. The van der Waals surface area contributed by atoms with Crippen molar-refractivity contribution in [2.75, 3.05) is 7.05 Å². The van der Waals surface area contributed by atoms with E-state index in [-0.39, 0.29) is 23.5 Å². The lowest BCUT2D eigenvalue weighted by Gasteiger charge is -2.23. The Labute approximate surface area is 122 Å². The zero-order valence-corrected chi connectivity index (χ0v) is 13.4. The van der Waals surface area contributed by atoms with E-state index in [1.165, 1.54) is 5.56 Å². The molecule has 2 rings (SSSR count). The number of hydrogen-bond acceptors (Lipinski definition) is 2. The van der Waals surface area contributed by atoms with Gasteiger partial charge >= 0.3 is 0 Å². The van der Waals surface area contributed by atoms with Gasteiger partial charge in [-0.3, -0.25) is 10.1 Å². The molecule has 1 N–H and O–H groups in total. The number of nitrogens with one attached hydrogen (secondary N) is 1. The lowest BCUT2D eigenvalue weighted by atomic mass is 9.86. The molecule has 3 heteroatoms. The maximum atomic E-state index is 12.2. The van der Waals surface area contributed by atoms with E-state index in [2.05, 4.69) is 64.2 Å². The molecule has 3 nitrogen and oxygen atoms in total. The molecule has 0 aromatic heterocycles. The standard InChI is InChI=1S/C17H26N2O/c1-11(2)14-16(20)19(6)15(18-14)12-7-9-13(10-8-12)17(3,4)5/h7-11,14-15,18H,1-6H3. The second-order valence-corrected chi connectivity index (χ2v) is 7.11. The minimum absolute atomic E-state index is 0.0103. The van der Waals surface area contributed by atoms with Crippen molar-refractivity contribution in [3.8, 4) is 0 Å². The summed E-state index contributed by atoms with van der Waals surface area (Å²) >= 11 is 0. The maximum absolute atomic E-state index is 12.2. The molecular formula is C17H26N2O. The van der Waals surface area contributed by atoms with Crippen LogP contribution >= 0.6 is 0 Å². The van der Waals surface area contributed by atoms with Gasteiger partial charge in [0.1, 0.15) is 6.17 Å². The van der Waals surface area contributed by atoms with Crippen LogP contribution in [0.1, 0.15) is 51.9 Å². The van der Waals surface area contributed by atoms with Crippen molar-refractivity contribution in [2.24, 2.45) is 5.92 Å². The maximum Gasteiger partial charge on any atom is 0.241 e. The second-order valence-electron chi connectivity index (χ2n) is 7.11. The number of benzene rings is 1. The average molecular weight is 274 g/mol. The van der Waals surface area contributed by atoms with E-state index >= 15 is 0 Å². The van der Waals surface area contributed by atoms with Gasteiger partial charge in [0.2, 0.25) is 5.91 Å². The van der Waals surface area contributed by atoms with E-state index in [4.69, 9.17) is 0 Å². The van der Waals surface area contributed by atoms with Crippen LogP contribution in [0.2, 0.25) is 0 Å². The lowest BCUT2D eigenvalue weighted by Crippen LogP contribution is -2.33. The molecule has 0 spiro atoms. The van der Waals surface area contributed by atoms with E-state index in [0.717, 1.165) is 5.56 Å². The third kappa shape index (κ3) is 2.73. The Balaban J connectivity index is 2.23. The predicted molar refractivity (Wildman–Crippen MR) is 82.4 cm³/mol. The zero-order valence-electron chi connectivity index (χ0n) is 13.4. The van der Waals surface area contributed by atoms with E-state index in [1.807, 2.05) is 11.9 Å². The van der Waals surface area contributed by atoms with Crippen LogP contribution in [0.3, 0.4) is 0 Å². The minimum atomic E-state index is -0.0766. The van der Waals surface area contributed by atoms with Crippen molar-refractivity contribution in [2.45, 2.75) is 52.2 Å². The summed E-state index contributed by atoms with van der Waals surface area (Å²) in [6, 6.07) is 8.51. The fourth-order valence-corrected chi connectivity index (χ4v) is 2.66. The Bertz CT molecular complexity index is 485. The van der Waals surface area contributed by atoms with Crippen molar-refractivity contribution < 1.29 is 4.79 Å². The normalized spacial score (nSPS) is 23.8. The van der Waals surface area contributed by atoms with Gasteiger partial charge in [-0.2, -0.15) is 0 Å². The Morgan fingerprint density at radius 1 is 1.15 bits per heavy atom. The minimum Gasteiger partial charge on any atom is -0.325 e. The van der Waals surface area contributed by atoms with Gasteiger partial charge in [-0.25, -0.2) is 0 Å². The molecule has 1 amide bonds. The highest BCUT2D eigenvalue weighted by Gasteiger charge is 2.38. The van der Waals surface area contributed by atoms with Crippen LogP contribution in [-0.4, -0.2) is 23.9 Å². The highest BCUT2D eigenvalue weighted by atomic mass is 16.2. The summed E-state index contributed by atoms with van der Waals surface area (Å²) in [6.07, 6.45) is -0.0103. The predicted octanol–water partition coefficient (Wildman–Crippen LogP) is 3.07. The zero-order chi connectivity index (χ0) is 15.1. The molecule has 0 aliphatic carbocycles. The molecule has 0 saturated carbocycles. The monoisotopic (exact) mass is 274 g/mol. The first-order chi connectivity index (χ1) is 9.21. The third-order valence-electron chi connectivity index (χ3n) is 4.10. The van der Waals surface area contributed by atoms with E-state index in [0.29, 0.717) is 5.92 Å². The topological polar surface area (TPSA) is 32.3 Å². The smallest absolute Gasteiger partial charge is 0.241 e. The van der Waals surface area contributed by atoms with Crippen molar-refractivity contribution in [3.63, 3.8) is 0 Å². The second kappa shape index (κ2) is 5.21. The number of rotatable bonds is 2. The summed E-state index contributed by atoms with van der Waals surface area (Å²) in [5.41, 5.74) is 2.62. The van der Waals surface area contributed by atoms with E-state index in [1.54, 1.807) is 0 Å². The quantitative estimate of drug-likeness (QED) is 0.899. The van der Waals surface area contributed by atoms with E-state index in [9.17, 15) is 4.79 Å². The van der Waals surface area contributed by atoms with Crippen LogP contribution in [-0.2, 0) is 10.2 Å². The van der Waals surface area contributed by atoms with Gasteiger partial charge in [-0.15, -0.1) is 0 Å². The van der Waals surface area contributed by atoms with Gasteiger partial charge in [0.05, 0.1) is 6.04 Å². The fourth-order valence-electron chi connectivity index (χ4n) is 2.66. The number of carbonyl (C=O) groups is 1. The number of likely N-dealkylation sites (N-methyl/N-ethyl adjacent to an activating group) is 1. The SMILES string of the molecule is CC(C)C1NC(c2ccc(C(C)(C)C)cc2)N(C)C1=O. The first kappa shape index (κ1) is 15.0.